The predicted octanol–water partition coefficient (Wildman–Crippen LogP) is 16.4. The Morgan fingerprint density at radius 3 is 1.14 bits per heavy atom. The topological polar surface area (TPSA) is 125 Å². The van der Waals surface area contributed by atoms with Crippen LogP contribution in [0.5, 0.6) is 0 Å². The SMILES string of the molecule is CC(C)(CN1CCC(=C2c3ccc(F)cc3CSc3ccccc32)CC1)C(=O)O.COC(=O)C(C)(C)C=O.COC(=O)C(C)(C)CN1CCC(=C2c3ccc(F)cc3CSc3ccccc32)CC1.Cl.Fc1ccc2c(c1)CSc1ccccc1C2=C1CCNCC1. The molecule has 3 fully saturated rings. The van der Waals surface area contributed by atoms with Crippen LogP contribution in [0, 0.1) is 33.7 Å². The van der Waals surface area contributed by atoms with Crippen molar-refractivity contribution in [2.75, 3.05) is 66.6 Å². The molecule has 10 nitrogen and oxygen atoms in total. The van der Waals surface area contributed by atoms with E-state index in [0.717, 1.165) is 123 Å². The first-order chi connectivity index (χ1) is 43.1. The smallest absolute Gasteiger partial charge is 0.318 e. The maximum atomic E-state index is 14.0. The van der Waals surface area contributed by atoms with E-state index in [4.69, 9.17) is 4.74 Å². The van der Waals surface area contributed by atoms with Crippen molar-refractivity contribution in [3.8, 4) is 0 Å². The van der Waals surface area contributed by atoms with E-state index in [1.807, 2.05) is 43.8 Å². The van der Waals surface area contributed by atoms with Crippen LogP contribution in [0.1, 0.15) is 130 Å². The van der Waals surface area contributed by atoms with E-state index in [-0.39, 0.29) is 35.8 Å². The average Bonchev–Trinajstić information content (AvgIpc) is 1.81. The lowest BCUT2D eigenvalue weighted by Gasteiger charge is -2.35. The number of rotatable bonds is 8. The number of methoxy groups -OCH3 is 2. The number of nitrogens with zero attached hydrogens (tertiary/aromatic N) is 2. The summed E-state index contributed by atoms with van der Waals surface area (Å²) in [5.74, 6) is 0.441. The number of aliphatic carboxylic acids is 1. The number of aldehydes is 1. The molecule has 2 N–H and O–H groups in total. The fraction of sp³-hybridized carbons (Fsp3) is 0.378. The molecule has 0 saturated carbocycles. The minimum atomic E-state index is -0.991. The summed E-state index contributed by atoms with van der Waals surface area (Å²) in [6.07, 6.45) is 6.42. The largest absolute Gasteiger partial charge is 0.481 e. The van der Waals surface area contributed by atoms with Crippen molar-refractivity contribution >= 4 is 88.6 Å². The summed E-state index contributed by atoms with van der Waals surface area (Å²) < 4.78 is 50.9. The quantitative estimate of drug-likeness (QED) is 0.0854. The highest BCUT2D eigenvalue weighted by molar-refractivity contribution is 7.99. The molecule has 0 atom stereocenters. The lowest BCUT2D eigenvalue weighted by atomic mass is 9.85. The highest BCUT2D eigenvalue weighted by atomic mass is 35.5. The second kappa shape index (κ2) is 31.5. The third-order valence-electron chi connectivity index (χ3n) is 17.4. The number of nitrogens with one attached hydrogen (secondary N) is 1. The molecule has 6 aliphatic rings. The molecule has 0 amide bonds. The molecule has 6 aromatic rings. The molecule has 6 aliphatic heterocycles. The predicted molar refractivity (Wildman–Crippen MR) is 365 cm³/mol. The first-order valence-corrected chi connectivity index (χ1v) is 33.8. The van der Waals surface area contributed by atoms with Gasteiger partial charge in [-0.15, -0.1) is 47.7 Å². The fourth-order valence-electron chi connectivity index (χ4n) is 12.5. The summed E-state index contributed by atoms with van der Waals surface area (Å²) in [4.78, 5) is 52.7. The molecule has 17 heteroatoms. The van der Waals surface area contributed by atoms with Crippen LogP contribution >= 0.6 is 47.7 Å². The Labute approximate surface area is 553 Å². The Morgan fingerprint density at radius 2 is 0.824 bits per heavy atom. The molecule has 6 aromatic carbocycles. The lowest BCUT2D eigenvalue weighted by molar-refractivity contribution is -0.153. The molecular weight excluding hydrogens is 1230 g/mol. The number of carbonyl (C=O) groups excluding carboxylic acids is 3. The van der Waals surface area contributed by atoms with Crippen molar-refractivity contribution in [2.24, 2.45) is 16.2 Å². The van der Waals surface area contributed by atoms with Crippen LogP contribution in [0.25, 0.3) is 16.7 Å². The zero-order valence-corrected chi connectivity index (χ0v) is 56.5. The van der Waals surface area contributed by atoms with Crippen LogP contribution in [-0.4, -0.2) is 106 Å². The molecule has 0 radical (unpaired) electrons. The number of benzene rings is 6. The number of thioether (sulfide) groups is 3. The molecule has 0 aliphatic carbocycles. The van der Waals surface area contributed by atoms with Gasteiger partial charge < -0.3 is 34.5 Å². The van der Waals surface area contributed by atoms with Gasteiger partial charge in [-0.1, -0.05) is 89.5 Å². The van der Waals surface area contributed by atoms with Crippen LogP contribution < -0.4 is 5.32 Å². The van der Waals surface area contributed by atoms with E-state index in [1.165, 1.54) is 98.4 Å². The summed E-state index contributed by atoms with van der Waals surface area (Å²) in [6.45, 7) is 17.3. The van der Waals surface area contributed by atoms with Gasteiger partial charge in [-0.2, -0.15) is 0 Å². The van der Waals surface area contributed by atoms with E-state index >= 15 is 0 Å². The molecule has 0 spiro atoms. The van der Waals surface area contributed by atoms with Crippen molar-refractivity contribution in [3.05, 3.63) is 212 Å². The third-order valence-corrected chi connectivity index (χ3v) is 20.7. The Kier molecular flexibility index (Phi) is 24.4. The van der Waals surface area contributed by atoms with Crippen molar-refractivity contribution in [1.29, 1.82) is 0 Å². The number of ether oxygens (including phenoxy) is 2. The van der Waals surface area contributed by atoms with Gasteiger partial charge in [-0.25, -0.2) is 13.2 Å². The van der Waals surface area contributed by atoms with Gasteiger partial charge in [0.05, 0.1) is 25.0 Å². The highest BCUT2D eigenvalue weighted by Crippen LogP contribution is 2.47. The van der Waals surface area contributed by atoms with E-state index < -0.39 is 28.2 Å². The molecule has 0 bridgehead atoms. The van der Waals surface area contributed by atoms with Crippen molar-refractivity contribution in [3.63, 3.8) is 0 Å². The minimum absolute atomic E-state index is 0. The molecule has 3 saturated heterocycles. The van der Waals surface area contributed by atoms with Gasteiger partial charge in [-0.05, 0) is 215 Å². The van der Waals surface area contributed by atoms with Crippen LogP contribution in [0.3, 0.4) is 0 Å². The second-order valence-corrected chi connectivity index (χ2v) is 28.4. The van der Waals surface area contributed by atoms with Crippen LogP contribution in [0.15, 0.2) is 159 Å². The highest BCUT2D eigenvalue weighted by Gasteiger charge is 2.35. The molecule has 482 valence electrons. The van der Waals surface area contributed by atoms with Crippen molar-refractivity contribution < 1.29 is 46.9 Å². The summed E-state index contributed by atoms with van der Waals surface area (Å²) in [5, 5.41) is 12.9. The number of likely N-dealkylation sites (tertiary alicyclic amines) is 2. The van der Waals surface area contributed by atoms with E-state index in [0.29, 0.717) is 19.4 Å². The number of fused-ring (bicyclic) bond motifs is 6. The maximum absolute atomic E-state index is 14.0. The number of carboxylic acids is 1. The first kappa shape index (κ1) is 70.5. The zero-order valence-electron chi connectivity index (χ0n) is 53.3. The Balaban J connectivity index is 0.000000165. The average molecular weight is 1320 g/mol. The second-order valence-electron chi connectivity index (χ2n) is 25.4. The monoisotopic (exact) mass is 1310 g/mol. The van der Waals surface area contributed by atoms with E-state index in [9.17, 15) is 37.5 Å². The zero-order chi connectivity index (χ0) is 64.3. The van der Waals surface area contributed by atoms with Gasteiger partial charge in [0, 0.05) is 71.2 Å². The number of halogens is 4. The number of esters is 2. The van der Waals surface area contributed by atoms with Crippen molar-refractivity contribution in [1.82, 2.24) is 15.1 Å². The van der Waals surface area contributed by atoms with Gasteiger partial charge in [-0.3, -0.25) is 14.4 Å². The van der Waals surface area contributed by atoms with Crippen LogP contribution in [0.2, 0.25) is 0 Å². The van der Waals surface area contributed by atoms with Gasteiger partial charge >= 0.3 is 17.9 Å². The van der Waals surface area contributed by atoms with Gasteiger partial charge in [0.1, 0.15) is 29.2 Å². The number of carboxylic acid groups (broad SMARTS) is 1. The fourth-order valence-corrected chi connectivity index (χ4v) is 15.6. The Hall–Kier alpha value is -6.37. The normalized spacial score (nSPS) is 16.6. The van der Waals surface area contributed by atoms with Crippen LogP contribution in [-0.2, 0) is 45.9 Å². The summed E-state index contributed by atoms with van der Waals surface area (Å²) >= 11 is 5.36. The van der Waals surface area contributed by atoms with Gasteiger partial charge in [0.15, 0.2) is 0 Å². The van der Waals surface area contributed by atoms with Gasteiger partial charge in [0.25, 0.3) is 0 Å². The number of carbonyl (C=O) groups is 4. The Morgan fingerprint density at radius 1 is 0.495 bits per heavy atom. The summed E-state index contributed by atoms with van der Waals surface area (Å²) in [6, 6.07) is 41.2. The molecule has 0 unspecified atom stereocenters. The maximum Gasteiger partial charge on any atom is 0.318 e. The molecule has 12 rings (SSSR count). The number of hydrogen-bond acceptors (Lipinski definition) is 12. The standard InChI is InChI=1S/C25H28FNO2S.C24H26FNO2S.C19H18FNS.C6H10O3.ClH/c1-25(2,24(28)29-3)16-27-12-10-17(11-13-27)23-20-9-8-19(26)14-18(20)15-30-22-7-5-4-6-21(22)23;1-24(2,23(27)28)15-26-11-9-16(10-12-26)22-19-8-7-18(25)13-17(19)14-29-21-6-4-3-5-20(21)22;20-15-5-6-16-14(11-15)12-22-18-4-2-1-3-17(18)19(16)13-7-9-21-10-8-13;1-6(2,4-7)5(8)9-3;/h4-9,14H,10-13,15-16H2,1-3H3;3-8,13H,9-12,14-15H2,1-2H3,(H,27,28);1-6,11,21H,7-10,12H2;4H,1-3H3;1H. The molecule has 91 heavy (non-hydrogen) atoms. The lowest BCUT2D eigenvalue weighted by Crippen LogP contribution is -2.42. The summed E-state index contributed by atoms with van der Waals surface area (Å²) in [5.41, 5.74) is 16.5. The third kappa shape index (κ3) is 17.3. The van der Waals surface area contributed by atoms with Crippen LogP contribution in [0.4, 0.5) is 13.2 Å². The van der Waals surface area contributed by atoms with Crippen molar-refractivity contribution in [2.45, 2.75) is 112 Å². The number of hydrogen-bond donors (Lipinski definition) is 2. The van der Waals surface area contributed by atoms with Gasteiger partial charge in [0.2, 0.25) is 0 Å². The molecule has 0 aromatic heterocycles. The molecule has 6 heterocycles. The number of piperidine rings is 3. The van der Waals surface area contributed by atoms with E-state index in [2.05, 4.69) is 92.6 Å². The minimum Gasteiger partial charge on any atom is -0.481 e. The van der Waals surface area contributed by atoms with E-state index in [1.54, 1.807) is 73.8 Å². The first-order valence-electron chi connectivity index (χ1n) is 30.8. The Bertz CT molecular complexity index is 3720. The molecular formula is C74H83ClF3N3O7S3. The summed E-state index contributed by atoms with van der Waals surface area (Å²) in [7, 11) is 2.71.